The number of thiophene rings is 1. The van der Waals surface area contributed by atoms with Gasteiger partial charge in [0.05, 0.1) is 10.6 Å². The molecule has 9 heteroatoms. The van der Waals surface area contributed by atoms with Crippen molar-refractivity contribution in [2.45, 2.75) is 25.4 Å². The largest absolute Gasteiger partial charge is 0.338 e. The molecule has 3 amide bonds. The highest BCUT2D eigenvalue weighted by atomic mass is 32.2. The summed E-state index contributed by atoms with van der Waals surface area (Å²) in [6.45, 7) is 4.69. The lowest BCUT2D eigenvalue weighted by Gasteiger charge is -2.07. The van der Waals surface area contributed by atoms with Crippen molar-refractivity contribution in [3.8, 4) is 10.7 Å². The van der Waals surface area contributed by atoms with Gasteiger partial charge in [0.15, 0.2) is 5.82 Å². The minimum Gasteiger partial charge on any atom is -0.338 e. The van der Waals surface area contributed by atoms with Crippen molar-refractivity contribution in [3.63, 3.8) is 0 Å². The van der Waals surface area contributed by atoms with E-state index < -0.39 is 6.03 Å². The third kappa shape index (κ3) is 6.03. The zero-order valence-corrected chi connectivity index (χ0v) is 14.6. The van der Waals surface area contributed by atoms with E-state index in [1.165, 1.54) is 11.8 Å². The van der Waals surface area contributed by atoms with Crippen LogP contribution in [0.4, 0.5) is 4.79 Å². The van der Waals surface area contributed by atoms with Gasteiger partial charge < -0.3 is 5.32 Å². The van der Waals surface area contributed by atoms with Gasteiger partial charge >= 0.3 is 6.03 Å². The zero-order chi connectivity index (χ0) is 16.7. The number of imide groups is 1. The number of aromatic amines is 1. The monoisotopic (exact) mass is 353 g/mol. The van der Waals surface area contributed by atoms with Crippen LogP contribution in [0.3, 0.4) is 0 Å². The van der Waals surface area contributed by atoms with Gasteiger partial charge in [0.2, 0.25) is 11.1 Å². The summed E-state index contributed by atoms with van der Waals surface area (Å²) in [6, 6.07) is 3.40. The Hall–Kier alpha value is -1.87. The maximum Gasteiger partial charge on any atom is 0.321 e. The van der Waals surface area contributed by atoms with Gasteiger partial charge in [-0.1, -0.05) is 31.7 Å². The lowest BCUT2D eigenvalue weighted by molar-refractivity contribution is -0.117. The van der Waals surface area contributed by atoms with Crippen molar-refractivity contribution in [2.75, 3.05) is 12.3 Å². The van der Waals surface area contributed by atoms with Crippen LogP contribution in [0.2, 0.25) is 0 Å². The fourth-order valence-electron chi connectivity index (χ4n) is 1.65. The van der Waals surface area contributed by atoms with E-state index in [9.17, 15) is 9.59 Å². The average Bonchev–Trinajstić information content (AvgIpc) is 3.15. The Morgan fingerprint density at radius 3 is 2.96 bits per heavy atom. The quantitative estimate of drug-likeness (QED) is 0.664. The second kappa shape index (κ2) is 8.68. The molecule has 0 aliphatic carbocycles. The minimum absolute atomic E-state index is 0.0827. The van der Waals surface area contributed by atoms with Gasteiger partial charge in [-0.25, -0.2) is 9.78 Å². The van der Waals surface area contributed by atoms with Gasteiger partial charge in [0, 0.05) is 6.54 Å². The molecule has 0 radical (unpaired) electrons. The van der Waals surface area contributed by atoms with Crippen molar-refractivity contribution >= 4 is 35.0 Å². The molecule has 3 N–H and O–H groups in total. The summed E-state index contributed by atoms with van der Waals surface area (Å²) in [5.74, 6) is 0.887. The summed E-state index contributed by atoms with van der Waals surface area (Å²) >= 11 is 2.73. The molecule has 2 aromatic heterocycles. The molecule has 0 saturated heterocycles. The van der Waals surface area contributed by atoms with Crippen LogP contribution >= 0.6 is 23.1 Å². The summed E-state index contributed by atoms with van der Waals surface area (Å²) in [7, 11) is 0. The molecule has 0 atom stereocenters. The van der Waals surface area contributed by atoms with E-state index in [1.54, 1.807) is 11.3 Å². The minimum atomic E-state index is -0.467. The number of nitrogens with one attached hydrogen (secondary N) is 3. The normalized spacial score (nSPS) is 10.7. The molecule has 2 heterocycles. The van der Waals surface area contributed by atoms with Gasteiger partial charge in [-0.3, -0.25) is 15.2 Å². The number of carbonyl (C=O) groups is 2. The first-order chi connectivity index (χ1) is 11.0. The Morgan fingerprint density at radius 1 is 1.43 bits per heavy atom. The predicted octanol–water partition coefficient (Wildman–Crippen LogP) is 2.50. The van der Waals surface area contributed by atoms with E-state index >= 15 is 0 Å². The summed E-state index contributed by atoms with van der Waals surface area (Å²) in [5.41, 5.74) is 0. The Balaban J connectivity index is 1.71. The van der Waals surface area contributed by atoms with Crippen molar-refractivity contribution in [1.82, 2.24) is 25.8 Å². The smallest absolute Gasteiger partial charge is 0.321 e. The highest BCUT2D eigenvalue weighted by Gasteiger charge is 2.11. The molecule has 124 valence electrons. The lowest BCUT2D eigenvalue weighted by Crippen LogP contribution is -2.40. The van der Waals surface area contributed by atoms with Gasteiger partial charge in [-0.05, 0) is 23.8 Å². The molecule has 0 unspecified atom stereocenters. The van der Waals surface area contributed by atoms with Crippen LogP contribution in [0.1, 0.15) is 20.3 Å². The summed E-state index contributed by atoms with van der Waals surface area (Å²) in [6.07, 6.45) is 0.874. The Kier molecular flexibility index (Phi) is 6.60. The van der Waals surface area contributed by atoms with Crippen molar-refractivity contribution in [3.05, 3.63) is 17.5 Å². The number of hydrogen-bond donors (Lipinski definition) is 3. The van der Waals surface area contributed by atoms with Crippen LogP contribution in [0, 0.1) is 5.92 Å². The molecular weight excluding hydrogens is 334 g/mol. The summed E-state index contributed by atoms with van der Waals surface area (Å²) in [5, 5.41) is 14.2. The van der Waals surface area contributed by atoms with Crippen LogP contribution in [-0.4, -0.2) is 39.4 Å². The van der Waals surface area contributed by atoms with E-state index in [1.807, 2.05) is 17.5 Å². The topological polar surface area (TPSA) is 99.8 Å². The maximum absolute atomic E-state index is 11.7. The standard InChI is InChI=1S/C14H19N5O2S2/c1-9(2)5-6-15-13(21)16-11(20)8-23-14-17-12(18-19-14)10-4-3-7-22-10/h3-4,7,9H,5-6,8H2,1-2H3,(H,17,18,19)(H2,15,16,20,21). The van der Waals surface area contributed by atoms with E-state index in [2.05, 4.69) is 39.7 Å². The fourth-order valence-corrected chi connectivity index (χ4v) is 2.91. The molecule has 2 aromatic rings. The predicted molar refractivity (Wildman–Crippen MR) is 91.4 cm³/mol. The van der Waals surface area contributed by atoms with E-state index in [0.717, 1.165) is 11.3 Å². The van der Waals surface area contributed by atoms with E-state index in [4.69, 9.17) is 0 Å². The van der Waals surface area contributed by atoms with Crippen LogP contribution in [0.25, 0.3) is 10.7 Å². The number of H-pyrrole nitrogens is 1. The molecular formula is C14H19N5O2S2. The third-order valence-electron chi connectivity index (χ3n) is 2.81. The molecule has 7 nitrogen and oxygen atoms in total. The first-order valence-electron chi connectivity index (χ1n) is 7.21. The van der Waals surface area contributed by atoms with Crippen LogP contribution in [0.5, 0.6) is 0 Å². The molecule has 0 aromatic carbocycles. The molecule has 2 rings (SSSR count). The number of thioether (sulfide) groups is 1. The summed E-state index contributed by atoms with van der Waals surface area (Å²) in [4.78, 5) is 28.5. The average molecular weight is 353 g/mol. The lowest BCUT2D eigenvalue weighted by atomic mass is 10.1. The Labute approximate surface area is 142 Å². The molecule has 23 heavy (non-hydrogen) atoms. The molecule has 0 saturated carbocycles. The van der Waals surface area contributed by atoms with Crippen LogP contribution in [-0.2, 0) is 4.79 Å². The summed E-state index contributed by atoms with van der Waals surface area (Å²) < 4.78 is 0. The third-order valence-corrected chi connectivity index (χ3v) is 4.54. The fraction of sp³-hybridized carbons (Fsp3) is 0.429. The number of nitrogens with zero attached hydrogens (tertiary/aromatic N) is 2. The Morgan fingerprint density at radius 2 is 2.26 bits per heavy atom. The number of carbonyl (C=O) groups excluding carboxylic acids is 2. The van der Waals surface area contributed by atoms with Crippen LogP contribution in [0.15, 0.2) is 22.7 Å². The number of hydrogen-bond acceptors (Lipinski definition) is 6. The number of amides is 3. The van der Waals surface area contributed by atoms with Crippen LogP contribution < -0.4 is 10.6 Å². The van der Waals surface area contributed by atoms with Gasteiger partial charge in [0.1, 0.15) is 0 Å². The second-order valence-electron chi connectivity index (χ2n) is 5.22. The maximum atomic E-state index is 11.7. The second-order valence-corrected chi connectivity index (χ2v) is 7.11. The van der Waals surface area contributed by atoms with Crippen molar-refractivity contribution in [2.24, 2.45) is 5.92 Å². The van der Waals surface area contributed by atoms with Gasteiger partial charge in [-0.2, -0.15) is 0 Å². The van der Waals surface area contributed by atoms with Crippen molar-refractivity contribution in [1.29, 1.82) is 0 Å². The molecule has 0 aliphatic rings. The zero-order valence-electron chi connectivity index (χ0n) is 13.0. The molecule has 0 aliphatic heterocycles. The van der Waals surface area contributed by atoms with Crippen molar-refractivity contribution < 1.29 is 9.59 Å². The molecule has 0 spiro atoms. The molecule has 0 bridgehead atoms. The number of aromatic nitrogens is 3. The molecule has 0 fully saturated rings. The SMILES string of the molecule is CC(C)CCNC(=O)NC(=O)CSc1n[nH]c(-c2cccs2)n1. The van der Waals surface area contributed by atoms with Gasteiger partial charge in [-0.15, -0.1) is 16.4 Å². The number of rotatable bonds is 7. The Bertz CT molecular complexity index is 639. The highest BCUT2D eigenvalue weighted by molar-refractivity contribution is 7.99. The first-order valence-corrected chi connectivity index (χ1v) is 9.08. The number of urea groups is 1. The highest BCUT2D eigenvalue weighted by Crippen LogP contribution is 2.22. The van der Waals surface area contributed by atoms with E-state index in [0.29, 0.717) is 23.4 Å². The van der Waals surface area contributed by atoms with E-state index in [-0.39, 0.29) is 11.7 Å². The van der Waals surface area contributed by atoms with Gasteiger partial charge in [0.25, 0.3) is 0 Å². The first kappa shape index (κ1) is 17.5.